The number of rotatable bonds is 7. The van der Waals surface area contributed by atoms with Crippen LogP contribution in [-0.4, -0.2) is 57.3 Å². The number of amides is 1. The van der Waals surface area contributed by atoms with E-state index in [0.29, 0.717) is 24.2 Å². The smallest absolute Gasteiger partial charge is 0.289 e. The molecule has 0 aromatic carbocycles. The Morgan fingerprint density at radius 1 is 1.26 bits per heavy atom. The van der Waals surface area contributed by atoms with Crippen LogP contribution in [0, 0.1) is 11.3 Å². The van der Waals surface area contributed by atoms with Gasteiger partial charge in [-0.25, -0.2) is 4.98 Å². The van der Waals surface area contributed by atoms with Gasteiger partial charge in [0.15, 0.2) is 0 Å². The van der Waals surface area contributed by atoms with Gasteiger partial charge in [0.2, 0.25) is 11.7 Å². The van der Waals surface area contributed by atoms with Crippen LogP contribution in [0.3, 0.4) is 0 Å². The number of aryl methyl sites for hydroxylation is 1. The van der Waals surface area contributed by atoms with Crippen molar-refractivity contribution < 1.29 is 9.53 Å². The van der Waals surface area contributed by atoms with E-state index in [1.807, 2.05) is 6.07 Å². The number of aromatic nitrogens is 4. The predicted molar refractivity (Wildman–Crippen MR) is 118 cm³/mol. The van der Waals surface area contributed by atoms with E-state index in [1.165, 1.54) is 0 Å². The quantitative estimate of drug-likeness (QED) is 0.733. The number of hydrogen-bond acceptors (Lipinski definition) is 6. The Hall–Kier alpha value is -2.48. The molecule has 1 saturated heterocycles. The molecule has 168 valence electrons. The van der Waals surface area contributed by atoms with Crippen LogP contribution in [0.4, 0.5) is 0 Å². The van der Waals surface area contributed by atoms with Crippen molar-refractivity contribution in [3.8, 4) is 5.88 Å². The number of nitrogens with one attached hydrogen (secondary N) is 1. The van der Waals surface area contributed by atoms with E-state index in [0.717, 1.165) is 69.7 Å². The summed E-state index contributed by atoms with van der Waals surface area (Å²) >= 11 is 0. The zero-order valence-electron chi connectivity index (χ0n) is 18.9. The first kappa shape index (κ1) is 21.7. The third-order valence-electron chi connectivity index (χ3n) is 6.76. The Kier molecular flexibility index (Phi) is 6.55. The standard InChI is InChI=1S/C23H34N6O2/c1-17(2)7-12-24-21(30)20-27-26-19-6-8-23(16-29(19)20)9-13-28(14-10-23)15-18-5-4-11-25-22(18)31-3/h4-5,11,17H,6-10,12-16H2,1-3H3,(H,24,30). The third kappa shape index (κ3) is 4.89. The maximum absolute atomic E-state index is 12.7. The summed E-state index contributed by atoms with van der Waals surface area (Å²) in [4.78, 5) is 19.5. The molecule has 4 heterocycles. The summed E-state index contributed by atoms with van der Waals surface area (Å²) in [7, 11) is 1.67. The molecule has 1 fully saturated rings. The molecule has 0 atom stereocenters. The fourth-order valence-corrected chi connectivity index (χ4v) is 4.76. The Labute approximate surface area is 184 Å². The van der Waals surface area contributed by atoms with E-state index in [9.17, 15) is 4.79 Å². The predicted octanol–water partition coefficient (Wildman–Crippen LogP) is 2.69. The van der Waals surface area contributed by atoms with Gasteiger partial charge >= 0.3 is 0 Å². The average molecular weight is 427 g/mol. The zero-order valence-corrected chi connectivity index (χ0v) is 18.9. The number of carbonyl (C=O) groups excluding carboxylic acids is 1. The van der Waals surface area contributed by atoms with Crippen LogP contribution in [0.5, 0.6) is 5.88 Å². The normalized spacial score (nSPS) is 18.2. The van der Waals surface area contributed by atoms with E-state index < -0.39 is 0 Å². The molecule has 0 unspecified atom stereocenters. The fourth-order valence-electron chi connectivity index (χ4n) is 4.76. The lowest BCUT2D eigenvalue weighted by Gasteiger charge is -2.44. The van der Waals surface area contributed by atoms with Gasteiger partial charge < -0.3 is 14.6 Å². The molecule has 0 radical (unpaired) electrons. The summed E-state index contributed by atoms with van der Waals surface area (Å²) in [6.45, 7) is 8.76. The van der Waals surface area contributed by atoms with Crippen molar-refractivity contribution >= 4 is 5.91 Å². The van der Waals surface area contributed by atoms with Crippen molar-refractivity contribution in [2.75, 3.05) is 26.7 Å². The number of methoxy groups -OCH3 is 1. The van der Waals surface area contributed by atoms with E-state index >= 15 is 0 Å². The summed E-state index contributed by atoms with van der Waals surface area (Å²) in [5.74, 6) is 2.59. The van der Waals surface area contributed by atoms with Crippen molar-refractivity contribution in [2.45, 2.75) is 59.0 Å². The van der Waals surface area contributed by atoms with Gasteiger partial charge in [-0.3, -0.25) is 9.69 Å². The number of hydrogen-bond donors (Lipinski definition) is 1. The van der Waals surface area contributed by atoms with Crippen LogP contribution in [0.15, 0.2) is 18.3 Å². The van der Waals surface area contributed by atoms with E-state index in [-0.39, 0.29) is 11.3 Å². The SMILES string of the molecule is COc1ncccc1CN1CCC2(CCc3nnc(C(=O)NCCC(C)C)n3C2)CC1. The minimum atomic E-state index is -0.0995. The highest BCUT2D eigenvalue weighted by Crippen LogP contribution is 2.41. The molecule has 8 nitrogen and oxygen atoms in total. The molecule has 2 aromatic heterocycles. The molecule has 31 heavy (non-hydrogen) atoms. The highest BCUT2D eigenvalue weighted by atomic mass is 16.5. The number of likely N-dealkylation sites (tertiary alicyclic amines) is 1. The first-order valence-corrected chi connectivity index (χ1v) is 11.4. The van der Waals surface area contributed by atoms with Crippen LogP contribution in [0.25, 0.3) is 0 Å². The molecule has 2 aliphatic rings. The lowest BCUT2D eigenvalue weighted by molar-refractivity contribution is 0.0614. The number of piperidine rings is 1. The van der Waals surface area contributed by atoms with Gasteiger partial charge in [0.1, 0.15) is 5.82 Å². The zero-order chi connectivity index (χ0) is 21.8. The number of fused-ring (bicyclic) bond motifs is 1. The highest BCUT2D eigenvalue weighted by Gasteiger charge is 2.40. The van der Waals surface area contributed by atoms with Gasteiger partial charge in [-0.2, -0.15) is 0 Å². The molecule has 1 N–H and O–H groups in total. The Balaban J connectivity index is 1.38. The minimum Gasteiger partial charge on any atom is -0.481 e. The summed E-state index contributed by atoms with van der Waals surface area (Å²) in [5.41, 5.74) is 1.35. The molecule has 1 amide bonds. The maximum Gasteiger partial charge on any atom is 0.289 e. The highest BCUT2D eigenvalue weighted by molar-refractivity contribution is 5.90. The Morgan fingerprint density at radius 3 is 2.81 bits per heavy atom. The van der Waals surface area contributed by atoms with Crippen molar-refractivity contribution in [1.29, 1.82) is 0 Å². The van der Waals surface area contributed by atoms with Gasteiger partial charge in [0.05, 0.1) is 7.11 Å². The molecule has 2 aromatic rings. The Morgan fingerprint density at radius 2 is 2.06 bits per heavy atom. The second-order valence-electron chi connectivity index (χ2n) is 9.41. The van der Waals surface area contributed by atoms with Crippen LogP contribution in [0.1, 0.15) is 61.5 Å². The van der Waals surface area contributed by atoms with E-state index in [2.05, 4.69) is 49.9 Å². The van der Waals surface area contributed by atoms with Crippen LogP contribution < -0.4 is 10.1 Å². The van der Waals surface area contributed by atoms with E-state index in [1.54, 1.807) is 13.3 Å². The second-order valence-corrected chi connectivity index (χ2v) is 9.41. The molecular formula is C23H34N6O2. The number of carbonyl (C=O) groups is 1. The molecule has 4 rings (SSSR count). The third-order valence-corrected chi connectivity index (χ3v) is 6.76. The van der Waals surface area contributed by atoms with E-state index in [4.69, 9.17) is 4.74 Å². The van der Waals surface area contributed by atoms with Gasteiger partial charge in [-0.05, 0) is 56.2 Å². The van der Waals surface area contributed by atoms with Gasteiger partial charge in [0.25, 0.3) is 5.91 Å². The molecule has 0 bridgehead atoms. The summed E-state index contributed by atoms with van der Waals surface area (Å²) < 4.78 is 7.49. The molecule has 0 aliphatic carbocycles. The van der Waals surface area contributed by atoms with Crippen molar-refractivity contribution in [2.24, 2.45) is 11.3 Å². The minimum absolute atomic E-state index is 0.0995. The average Bonchev–Trinajstić information content (AvgIpc) is 3.18. The number of nitrogens with zero attached hydrogens (tertiary/aromatic N) is 5. The maximum atomic E-state index is 12.7. The van der Waals surface area contributed by atoms with Crippen LogP contribution >= 0.6 is 0 Å². The fraction of sp³-hybridized carbons (Fsp3) is 0.652. The first-order chi connectivity index (χ1) is 15.0. The lowest BCUT2D eigenvalue weighted by Crippen LogP contribution is -2.45. The Bertz CT molecular complexity index is 901. The van der Waals surface area contributed by atoms with Crippen LogP contribution in [0.2, 0.25) is 0 Å². The molecular weight excluding hydrogens is 392 g/mol. The van der Waals surface area contributed by atoms with Gasteiger partial charge in [0, 0.05) is 37.8 Å². The van der Waals surface area contributed by atoms with Gasteiger partial charge in [-0.1, -0.05) is 19.9 Å². The van der Waals surface area contributed by atoms with Crippen molar-refractivity contribution in [1.82, 2.24) is 30.0 Å². The summed E-state index contributed by atoms with van der Waals surface area (Å²) in [6, 6.07) is 4.05. The van der Waals surface area contributed by atoms with Crippen molar-refractivity contribution in [3.05, 3.63) is 35.5 Å². The monoisotopic (exact) mass is 426 g/mol. The number of ether oxygens (including phenoxy) is 1. The first-order valence-electron chi connectivity index (χ1n) is 11.4. The molecule has 8 heteroatoms. The second kappa shape index (κ2) is 9.34. The largest absolute Gasteiger partial charge is 0.481 e. The number of pyridine rings is 1. The molecule has 1 spiro atoms. The van der Waals surface area contributed by atoms with Gasteiger partial charge in [-0.15, -0.1) is 10.2 Å². The molecule has 0 saturated carbocycles. The van der Waals surface area contributed by atoms with Crippen LogP contribution in [-0.2, 0) is 19.5 Å². The van der Waals surface area contributed by atoms with Crippen molar-refractivity contribution in [3.63, 3.8) is 0 Å². The summed E-state index contributed by atoms with van der Waals surface area (Å²) in [6.07, 6.45) is 6.97. The topological polar surface area (TPSA) is 85.2 Å². The lowest BCUT2D eigenvalue weighted by atomic mass is 9.73. The molecule has 2 aliphatic heterocycles. The summed E-state index contributed by atoms with van der Waals surface area (Å²) in [5, 5.41) is 11.6.